The van der Waals surface area contributed by atoms with E-state index < -0.39 is 0 Å². The zero-order valence-corrected chi connectivity index (χ0v) is 13.0. The largest absolute Gasteiger partial charge is 0.492 e. The average molecular weight is 317 g/mol. The number of halogens is 2. The van der Waals surface area contributed by atoms with Gasteiger partial charge in [-0.2, -0.15) is 5.10 Å². The van der Waals surface area contributed by atoms with Gasteiger partial charge >= 0.3 is 0 Å². The first-order chi connectivity index (χ1) is 9.49. The number of nitrogens with one attached hydrogen (secondary N) is 1. The van der Waals surface area contributed by atoms with Crippen molar-refractivity contribution in [2.24, 2.45) is 11.0 Å². The summed E-state index contributed by atoms with van der Waals surface area (Å²) in [6, 6.07) is 5.03. The normalized spacial score (nSPS) is 11.1. The van der Waals surface area contributed by atoms with E-state index in [1.807, 2.05) is 13.8 Å². The molecule has 0 saturated heterocycles. The Morgan fingerprint density at radius 2 is 2.20 bits per heavy atom. The Kier molecular flexibility index (Phi) is 7.41. The molecular formula is C14H18Cl2N2O2. The van der Waals surface area contributed by atoms with Gasteiger partial charge in [-0.3, -0.25) is 4.79 Å². The van der Waals surface area contributed by atoms with Gasteiger partial charge in [-0.05, 0) is 30.5 Å². The lowest BCUT2D eigenvalue weighted by molar-refractivity contribution is -0.121. The fraction of sp³-hybridized carbons (Fsp3) is 0.429. The van der Waals surface area contributed by atoms with Gasteiger partial charge in [0.1, 0.15) is 5.75 Å². The van der Waals surface area contributed by atoms with E-state index in [2.05, 4.69) is 10.5 Å². The number of carbonyl (C=O) groups is 1. The third-order valence-corrected chi connectivity index (χ3v) is 2.79. The van der Waals surface area contributed by atoms with Crippen molar-refractivity contribution >= 4 is 35.3 Å². The molecule has 0 heterocycles. The standard InChI is InChI=1S/C14H18Cl2N2O2/c1-10(2)9-17-18-14(19)4-3-7-20-13-6-5-11(15)8-12(13)16/h5-6,8-10H,3-4,7H2,1-2H3,(H,18,19)/b17-9+. The molecule has 0 aliphatic rings. The van der Waals surface area contributed by atoms with Crippen LogP contribution in [0.2, 0.25) is 10.0 Å². The zero-order chi connectivity index (χ0) is 15.0. The summed E-state index contributed by atoms with van der Waals surface area (Å²) in [5.41, 5.74) is 2.46. The highest BCUT2D eigenvalue weighted by Gasteiger charge is 2.03. The van der Waals surface area contributed by atoms with Crippen molar-refractivity contribution in [1.29, 1.82) is 0 Å². The molecule has 0 atom stereocenters. The number of ether oxygens (including phenoxy) is 1. The minimum Gasteiger partial charge on any atom is -0.492 e. The molecule has 0 saturated carbocycles. The monoisotopic (exact) mass is 316 g/mol. The molecule has 0 aliphatic heterocycles. The Morgan fingerprint density at radius 3 is 2.85 bits per heavy atom. The second kappa shape index (κ2) is 8.82. The van der Waals surface area contributed by atoms with Crippen molar-refractivity contribution in [1.82, 2.24) is 5.43 Å². The van der Waals surface area contributed by atoms with Crippen molar-refractivity contribution in [2.75, 3.05) is 6.61 Å². The van der Waals surface area contributed by atoms with Crippen LogP contribution in [-0.4, -0.2) is 18.7 Å². The lowest BCUT2D eigenvalue weighted by atomic mass is 10.3. The first-order valence-corrected chi connectivity index (χ1v) is 7.14. The number of hydrazone groups is 1. The minimum atomic E-state index is -0.132. The predicted octanol–water partition coefficient (Wildman–Crippen LogP) is 3.91. The van der Waals surface area contributed by atoms with Crippen molar-refractivity contribution in [3.8, 4) is 5.75 Å². The summed E-state index contributed by atoms with van der Waals surface area (Å²) < 4.78 is 5.48. The average Bonchev–Trinajstić information content (AvgIpc) is 2.36. The molecule has 0 unspecified atom stereocenters. The number of hydrogen-bond donors (Lipinski definition) is 1. The van der Waals surface area contributed by atoms with Gasteiger partial charge < -0.3 is 4.74 Å². The summed E-state index contributed by atoms with van der Waals surface area (Å²) in [5.74, 6) is 0.743. The summed E-state index contributed by atoms with van der Waals surface area (Å²) in [5, 5.41) is 4.85. The van der Waals surface area contributed by atoms with E-state index in [1.165, 1.54) is 0 Å². The zero-order valence-electron chi connectivity index (χ0n) is 11.5. The summed E-state index contributed by atoms with van der Waals surface area (Å²) >= 11 is 11.7. The molecule has 1 N–H and O–H groups in total. The van der Waals surface area contributed by atoms with Crippen LogP contribution in [0.5, 0.6) is 5.75 Å². The highest BCUT2D eigenvalue weighted by molar-refractivity contribution is 6.35. The molecule has 1 rings (SSSR count). The van der Waals surface area contributed by atoms with Crippen LogP contribution in [0, 0.1) is 5.92 Å². The number of rotatable bonds is 7. The van der Waals surface area contributed by atoms with Crippen LogP contribution in [-0.2, 0) is 4.79 Å². The van der Waals surface area contributed by atoms with Crippen LogP contribution in [0.15, 0.2) is 23.3 Å². The smallest absolute Gasteiger partial charge is 0.240 e. The predicted molar refractivity (Wildman–Crippen MR) is 82.7 cm³/mol. The molecule has 6 heteroatoms. The number of carbonyl (C=O) groups excluding carboxylic acids is 1. The maximum atomic E-state index is 11.4. The summed E-state index contributed by atoms with van der Waals surface area (Å²) in [6.45, 7) is 4.38. The first kappa shape index (κ1) is 16.8. The summed E-state index contributed by atoms with van der Waals surface area (Å²) in [4.78, 5) is 11.4. The molecule has 0 bridgehead atoms. The third kappa shape index (κ3) is 6.78. The SMILES string of the molecule is CC(C)/C=N/NC(=O)CCCOc1ccc(Cl)cc1Cl. The van der Waals surface area contributed by atoms with Gasteiger partial charge in [-0.15, -0.1) is 0 Å². The number of benzene rings is 1. The third-order valence-electron chi connectivity index (χ3n) is 2.26. The van der Waals surface area contributed by atoms with E-state index in [0.717, 1.165) is 0 Å². The Hall–Kier alpha value is -1.26. The molecule has 1 aromatic carbocycles. The van der Waals surface area contributed by atoms with Crippen LogP contribution in [0.25, 0.3) is 0 Å². The molecular weight excluding hydrogens is 299 g/mol. The van der Waals surface area contributed by atoms with E-state index in [-0.39, 0.29) is 5.91 Å². The Labute approximate surface area is 129 Å². The van der Waals surface area contributed by atoms with Gasteiger partial charge in [0.25, 0.3) is 0 Å². The second-order valence-electron chi connectivity index (χ2n) is 4.58. The lowest BCUT2D eigenvalue weighted by Gasteiger charge is -2.07. The first-order valence-electron chi connectivity index (χ1n) is 6.39. The minimum absolute atomic E-state index is 0.132. The lowest BCUT2D eigenvalue weighted by Crippen LogP contribution is -2.18. The van der Waals surface area contributed by atoms with Crippen molar-refractivity contribution in [3.63, 3.8) is 0 Å². The maximum Gasteiger partial charge on any atom is 0.240 e. The molecule has 0 aliphatic carbocycles. The molecule has 0 fully saturated rings. The van der Waals surface area contributed by atoms with Gasteiger partial charge in [-0.1, -0.05) is 37.0 Å². The molecule has 4 nitrogen and oxygen atoms in total. The topological polar surface area (TPSA) is 50.7 Å². The Bertz CT molecular complexity index is 476. The van der Waals surface area contributed by atoms with E-state index >= 15 is 0 Å². The van der Waals surface area contributed by atoms with Crippen LogP contribution in [0.3, 0.4) is 0 Å². The van der Waals surface area contributed by atoms with Crippen LogP contribution >= 0.6 is 23.2 Å². The van der Waals surface area contributed by atoms with Gasteiger partial charge in [0.2, 0.25) is 5.91 Å². The highest BCUT2D eigenvalue weighted by Crippen LogP contribution is 2.27. The fourth-order valence-corrected chi connectivity index (χ4v) is 1.78. The molecule has 0 radical (unpaired) electrons. The Balaban J connectivity index is 2.23. The fourth-order valence-electron chi connectivity index (χ4n) is 1.32. The second-order valence-corrected chi connectivity index (χ2v) is 5.43. The van der Waals surface area contributed by atoms with Crippen LogP contribution in [0.1, 0.15) is 26.7 Å². The van der Waals surface area contributed by atoms with Gasteiger partial charge in [-0.25, -0.2) is 5.43 Å². The quantitative estimate of drug-likeness (QED) is 0.471. The molecule has 1 amide bonds. The van der Waals surface area contributed by atoms with Crippen molar-refractivity contribution in [3.05, 3.63) is 28.2 Å². The van der Waals surface area contributed by atoms with Crippen molar-refractivity contribution < 1.29 is 9.53 Å². The summed E-state index contributed by atoms with van der Waals surface area (Å²) in [7, 11) is 0. The number of amides is 1. The van der Waals surface area contributed by atoms with Gasteiger partial charge in [0, 0.05) is 17.7 Å². The van der Waals surface area contributed by atoms with Gasteiger partial charge in [0.05, 0.1) is 11.6 Å². The maximum absolute atomic E-state index is 11.4. The van der Waals surface area contributed by atoms with Gasteiger partial charge in [0.15, 0.2) is 0 Å². The summed E-state index contributed by atoms with van der Waals surface area (Å²) in [6.07, 6.45) is 2.62. The van der Waals surface area contributed by atoms with Crippen molar-refractivity contribution in [2.45, 2.75) is 26.7 Å². The van der Waals surface area contributed by atoms with E-state index in [0.29, 0.717) is 41.2 Å². The number of hydrogen-bond acceptors (Lipinski definition) is 3. The molecule has 20 heavy (non-hydrogen) atoms. The van der Waals surface area contributed by atoms with Crippen LogP contribution in [0.4, 0.5) is 0 Å². The molecule has 0 spiro atoms. The highest BCUT2D eigenvalue weighted by atomic mass is 35.5. The Morgan fingerprint density at radius 1 is 1.45 bits per heavy atom. The van der Waals surface area contributed by atoms with E-state index in [4.69, 9.17) is 27.9 Å². The van der Waals surface area contributed by atoms with E-state index in [9.17, 15) is 4.79 Å². The van der Waals surface area contributed by atoms with E-state index in [1.54, 1.807) is 24.4 Å². The molecule has 110 valence electrons. The molecule has 0 aromatic heterocycles. The van der Waals surface area contributed by atoms with Crippen LogP contribution < -0.4 is 10.2 Å². The number of nitrogens with zero attached hydrogens (tertiary/aromatic N) is 1. The molecule has 1 aromatic rings.